The van der Waals surface area contributed by atoms with Crippen molar-refractivity contribution in [1.29, 1.82) is 0 Å². The van der Waals surface area contributed by atoms with Crippen molar-refractivity contribution < 1.29 is 14.6 Å². The molecule has 0 bridgehead atoms. The minimum atomic E-state index is -0.459. The van der Waals surface area contributed by atoms with Gasteiger partial charge in [0.1, 0.15) is 17.2 Å². The number of nitrogens with one attached hydrogen (secondary N) is 1. The van der Waals surface area contributed by atoms with Gasteiger partial charge >= 0.3 is 0 Å². The number of rotatable bonds is 4. The standard InChI is InChI=1S/C31H43FN2O3/c1-17(7-12-27-33-28-21(29(37)34-27)5-4-6-25(28)32)22-10-11-23-20-9-8-18-15-19(35)13-14-30(18,2)24(20)16-26(36)31(22,23)3/h4-6,17-20,22-24,26,35-36H,7-16H2,1-3H3,(H,33,34,37)/t17-,18-,19-,20+,22-,23+,24?,26+,30+,31-/m1/s1. The summed E-state index contributed by atoms with van der Waals surface area (Å²) in [5.41, 5.74) is 0.0220. The van der Waals surface area contributed by atoms with Crippen LogP contribution in [0.1, 0.15) is 84.4 Å². The van der Waals surface area contributed by atoms with Gasteiger partial charge in [0.15, 0.2) is 0 Å². The van der Waals surface area contributed by atoms with Crippen molar-refractivity contribution in [3.8, 4) is 0 Å². The lowest BCUT2D eigenvalue weighted by Crippen LogP contribution is -2.58. The highest BCUT2D eigenvalue weighted by atomic mass is 19.1. The molecule has 202 valence electrons. The van der Waals surface area contributed by atoms with E-state index in [2.05, 4.69) is 30.7 Å². The molecule has 37 heavy (non-hydrogen) atoms. The number of aromatic amines is 1. The number of aliphatic hydroxyl groups is 2. The number of fused-ring (bicyclic) bond motifs is 6. The normalized spacial score (nSPS) is 42.2. The fourth-order valence-corrected chi connectivity index (χ4v) is 10.0. The van der Waals surface area contributed by atoms with Crippen LogP contribution in [0, 0.1) is 52.2 Å². The van der Waals surface area contributed by atoms with E-state index in [1.165, 1.54) is 31.4 Å². The third kappa shape index (κ3) is 3.92. The maximum atomic E-state index is 14.3. The molecule has 2 aromatic rings. The number of H-pyrrole nitrogens is 1. The maximum absolute atomic E-state index is 14.3. The quantitative estimate of drug-likeness (QED) is 0.498. The second-order valence-corrected chi connectivity index (χ2v) is 13.6. The van der Waals surface area contributed by atoms with Crippen molar-refractivity contribution in [2.45, 2.75) is 97.2 Å². The minimum absolute atomic E-state index is 0.0890. The van der Waals surface area contributed by atoms with Gasteiger partial charge in [-0.15, -0.1) is 0 Å². The number of hydrogen-bond acceptors (Lipinski definition) is 4. The average Bonchev–Trinajstić information content (AvgIpc) is 3.23. The highest BCUT2D eigenvalue weighted by molar-refractivity contribution is 5.77. The minimum Gasteiger partial charge on any atom is -0.393 e. The van der Waals surface area contributed by atoms with Gasteiger partial charge in [-0.1, -0.05) is 26.8 Å². The molecule has 1 aromatic heterocycles. The molecule has 4 saturated carbocycles. The first-order chi connectivity index (χ1) is 17.6. The molecule has 4 aliphatic carbocycles. The van der Waals surface area contributed by atoms with Crippen molar-refractivity contribution in [3.05, 3.63) is 40.2 Å². The van der Waals surface area contributed by atoms with E-state index in [0.29, 0.717) is 53.1 Å². The predicted molar refractivity (Wildman–Crippen MR) is 142 cm³/mol. The second-order valence-electron chi connectivity index (χ2n) is 13.6. The number of aromatic nitrogens is 2. The molecule has 6 rings (SSSR count). The van der Waals surface area contributed by atoms with E-state index in [4.69, 9.17) is 0 Å². The SMILES string of the molecule is C[C@H](CCc1nc2c(F)cccc2c(=O)[nH]1)[C@H]1CC[C@H]2[C@@H]3CC[C@@H]4C[C@H](O)CC[C@]4(C)C3C[C@H](O)[C@]12C. The van der Waals surface area contributed by atoms with Crippen LogP contribution >= 0.6 is 0 Å². The number of aliphatic hydroxyl groups excluding tert-OH is 2. The zero-order valence-electron chi connectivity index (χ0n) is 22.5. The molecular formula is C31H43FN2O3. The molecule has 4 aliphatic rings. The van der Waals surface area contributed by atoms with Crippen molar-refractivity contribution in [2.24, 2.45) is 46.3 Å². The average molecular weight is 511 g/mol. The Morgan fingerprint density at radius 3 is 2.73 bits per heavy atom. The molecule has 5 nitrogen and oxygen atoms in total. The molecule has 0 saturated heterocycles. The lowest BCUT2D eigenvalue weighted by molar-refractivity contribution is -0.174. The Morgan fingerprint density at radius 1 is 1.11 bits per heavy atom. The van der Waals surface area contributed by atoms with E-state index in [0.717, 1.165) is 38.5 Å². The van der Waals surface area contributed by atoms with Crippen LogP contribution in [0.15, 0.2) is 23.0 Å². The zero-order chi connectivity index (χ0) is 26.1. The Labute approximate surface area is 219 Å². The molecule has 6 heteroatoms. The number of aryl methyl sites for hydroxylation is 1. The Bertz CT molecular complexity index is 1230. The van der Waals surface area contributed by atoms with Crippen LogP contribution in [-0.2, 0) is 6.42 Å². The molecule has 0 aliphatic heterocycles. The summed E-state index contributed by atoms with van der Waals surface area (Å²) in [7, 11) is 0. The Hall–Kier alpha value is -1.79. The van der Waals surface area contributed by atoms with Crippen LogP contribution in [0.2, 0.25) is 0 Å². The zero-order valence-corrected chi connectivity index (χ0v) is 22.5. The summed E-state index contributed by atoms with van der Waals surface area (Å²) in [6.07, 6.45) is 9.61. The molecule has 4 fully saturated rings. The second kappa shape index (κ2) is 9.15. The predicted octanol–water partition coefficient (Wildman–Crippen LogP) is 5.62. The van der Waals surface area contributed by atoms with Gasteiger partial charge in [-0.25, -0.2) is 9.37 Å². The van der Waals surface area contributed by atoms with E-state index >= 15 is 0 Å². The van der Waals surface area contributed by atoms with Crippen molar-refractivity contribution in [2.75, 3.05) is 0 Å². The van der Waals surface area contributed by atoms with Gasteiger partial charge in [0.05, 0.1) is 17.6 Å². The smallest absolute Gasteiger partial charge is 0.258 e. The fraction of sp³-hybridized carbons (Fsp3) is 0.742. The summed E-state index contributed by atoms with van der Waals surface area (Å²) >= 11 is 0. The van der Waals surface area contributed by atoms with Crippen molar-refractivity contribution in [1.82, 2.24) is 9.97 Å². The van der Waals surface area contributed by atoms with E-state index in [1.807, 2.05) is 0 Å². The molecule has 1 unspecified atom stereocenters. The third-order valence-electron chi connectivity index (χ3n) is 12.1. The highest BCUT2D eigenvalue weighted by Gasteiger charge is 2.63. The summed E-state index contributed by atoms with van der Waals surface area (Å²) in [4.78, 5) is 19.8. The number of para-hydroxylation sites is 1. The summed E-state index contributed by atoms with van der Waals surface area (Å²) in [5, 5.41) is 22.4. The monoisotopic (exact) mass is 510 g/mol. The summed E-state index contributed by atoms with van der Waals surface area (Å²) in [6.45, 7) is 7.11. The van der Waals surface area contributed by atoms with Crippen LogP contribution in [-0.4, -0.2) is 32.4 Å². The topological polar surface area (TPSA) is 86.2 Å². The van der Waals surface area contributed by atoms with Gasteiger partial charge in [-0.3, -0.25) is 4.79 Å². The fourth-order valence-electron chi connectivity index (χ4n) is 10.0. The summed E-state index contributed by atoms with van der Waals surface area (Å²) in [6, 6.07) is 4.50. The number of hydrogen-bond donors (Lipinski definition) is 3. The lowest BCUT2D eigenvalue weighted by Gasteiger charge is -2.62. The first kappa shape index (κ1) is 25.5. The Balaban J connectivity index is 1.20. The van der Waals surface area contributed by atoms with Gasteiger partial charge in [0.25, 0.3) is 5.56 Å². The van der Waals surface area contributed by atoms with Crippen LogP contribution in [0.4, 0.5) is 4.39 Å². The van der Waals surface area contributed by atoms with Gasteiger partial charge in [0.2, 0.25) is 0 Å². The van der Waals surface area contributed by atoms with Gasteiger partial charge in [-0.2, -0.15) is 0 Å². The highest BCUT2D eigenvalue weighted by Crippen LogP contribution is 2.68. The Kier molecular flexibility index (Phi) is 6.30. The molecular weight excluding hydrogens is 467 g/mol. The first-order valence-corrected chi connectivity index (χ1v) is 14.7. The van der Waals surface area contributed by atoms with E-state index in [1.54, 1.807) is 6.07 Å². The molecule has 0 radical (unpaired) electrons. The van der Waals surface area contributed by atoms with E-state index < -0.39 is 5.82 Å². The number of nitrogens with zero attached hydrogens (tertiary/aromatic N) is 1. The largest absolute Gasteiger partial charge is 0.393 e. The van der Waals surface area contributed by atoms with Crippen molar-refractivity contribution in [3.63, 3.8) is 0 Å². The molecule has 3 N–H and O–H groups in total. The molecule has 1 aromatic carbocycles. The summed E-state index contributed by atoms with van der Waals surface area (Å²) in [5.74, 6) is 3.25. The summed E-state index contributed by atoms with van der Waals surface area (Å²) < 4.78 is 14.3. The van der Waals surface area contributed by atoms with E-state index in [9.17, 15) is 19.4 Å². The maximum Gasteiger partial charge on any atom is 0.258 e. The third-order valence-corrected chi connectivity index (χ3v) is 12.1. The molecule has 0 spiro atoms. The van der Waals surface area contributed by atoms with Crippen LogP contribution < -0.4 is 5.56 Å². The van der Waals surface area contributed by atoms with Gasteiger partial charge in [0, 0.05) is 6.42 Å². The Morgan fingerprint density at radius 2 is 1.92 bits per heavy atom. The molecule has 0 amide bonds. The first-order valence-electron chi connectivity index (χ1n) is 14.7. The van der Waals surface area contributed by atoms with E-state index in [-0.39, 0.29) is 34.1 Å². The van der Waals surface area contributed by atoms with Gasteiger partial charge in [-0.05, 0) is 116 Å². The number of benzene rings is 1. The van der Waals surface area contributed by atoms with Crippen LogP contribution in [0.5, 0.6) is 0 Å². The van der Waals surface area contributed by atoms with Crippen molar-refractivity contribution >= 4 is 10.9 Å². The van der Waals surface area contributed by atoms with Crippen LogP contribution in [0.3, 0.4) is 0 Å². The lowest BCUT2D eigenvalue weighted by atomic mass is 9.43. The molecule has 1 heterocycles. The van der Waals surface area contributed by atoms with Crippen LogP contribution in [0.25, 0.3) is 10.9 Å². The van der Waals surface area contributed by atoms with Gasteiger partial charge < -0.3 is 15.2 Å². The number of halogens is 1. The molecule has 10 atom stereocenters.